The van der Waals surface area contributed by atoms with Crippen molar-refractivity contribution in [2.75, 3.05) is 18.4 Å². The molecule has 0 spiro atoms. The Balaban J connectivity index is 1.59. The Morgan fingerprint density at radius 3 is 3.05 bits per heavy atom. The average Bonchev–Trinajstić information content (AvgIpc) is 3.06. The lowest BCUT2D eigenvalue weighted by molar-refractivity contribution is -0.117. The molecule has 0 unspecified atom stereocenters. The van der Waals surface area contributed by atoms with Gasteiger partial charge in [0, 0.05) is 37.6 Å². The van der Waals surface area contributed by atoms with E-state index < -0.39 is 0 Å². The summed E-state index contributed by atoms with van der Waals surface area (Å²) >= 11 is 0. The van der Waals surface area contributed by atoms with E-state index in [4.69, 9.17) is 0 Å². The minimum atomic E-state index is -0.0163. The molecule has 0 fully saturated rings. The van der Waals surface area contributed by atoms with Crippen molar-refractivity contribution in [1.29, 1.82) is 0 Å². The normalized spacial score (nSPS) is 15.2. The first-order chi connectivity index (χ1) is 10.1. The number of fused-ring (bicyclic) bond motifs is 1. The van der Waals surface area contributed by atoms with Crippen LogP contribution in [-0.2, 0) is 17.9 Å². The summed E-state index contributed by atoms with van der Waals surface area (Å²) in [5.41, 5.74) is 0. The van der Waals surface area contributed by atoms with Crippen LogP contribution in [0.2, 0.25) is 0 Å². The molecule has 0 aliphatic carbocycles. The van der Waals surface area contributed by atoms with Crippen molar-refractivity contribution in [1.82, 2.24) is 24.2 Å². The number of nitrogens with zero attached hydrogens (tertiary/aromatic N) is 5. The zero-order valence-corrected chi connectivity index (χ0v) is 12.4. The molecule has 0 saturated carbocycles. The van der Waals surface area contributed by atoms with Crippen LogP contribution in [0.5, 0.6) is 0 Å². The molecule has 21 heavy (non-hydrogen) atoms. The predicted molar refractivity (Wildman–Crippen MR) is 78.7 cm³/mol. The molecule has 3 rings (SSSR count). The molecular formula is C14H20N6O. The summed E-state index contributed by atoms with van der Waals surface area (Å²) in [5.74, 6) is 1.74. The van der Waals surface area contributed by atoms with E-state index in [0.717, 1.165) is 24.7 Å². The number of carbonyl (C=O) groups excluding carboxylic acids is 1. The van der Waals surface area contributed by atoms with Crippen LogP contribution in [-0.4, -0.2) is 43.2 Å². The standard InChI is InChI=1S/C14H20N6O/c1-11(2)20-12(3-4-16-20)17-14(21)10-18-7-8-19-6-5-15-13(19)9-18/h3-6,11H,7-10H2,1-2H3,(H,17,21). The summed E-state index contributed by atoms with van der Waals surface area (Å²) < 4.78 is 3.93. The second kappa shape index (κ2) is 5.69. The Morgan fingerprint density at radius 1 is 1.38 bits per heavy atom. The molecule has 0 aromatic carbocycles. The number of imidazole rings is 1. The van der Waals surface area contributed by atoms with Crippen molar-refractivity contribution >= 4 is 11.7 Å². The fourth-order valence-electron chi connectivity index (χ4n) is 2.57. The van der Waals surface area contributed by atoms with Crippen molar-refractivity contribution < 1.29 is 4.79 Å². The van der Waals surface area contributed by atoms with E-state index in [9.17, 15) is 4.79 Å². The molecule has 2 aromatic rings. The fourth-order valence-corrected chi connectivity index (χ4v) is 2.57. The number of carbonyl (C=O) groups is 1. The number of rotatable bonds is 4. The third-order valence-corrected chi connectivity index (χ3v) is 3.62. The third kappa shape index (κ3) is 2.97. The van der Waals surface area contributed by atoms with Gasteiger partial charge >= 0.3 is 0 Å². The molecule has 0 radical (unpaired) electrons. The molecule has 7 heteroatoms. The van der Waals surface area contributed by atoms with Crippen LogP contribution in [0.15, 0.2) is 24.7 Å². The second-order valence-electron chi connectivity index (χ2n) is 5.55. The lowest BCUT2D eigenvalue weighted by atomic mass is 10.3. The Kier molecular flexibility index (Phi) is 3.74. The van der Waals surface area contributed by atoms with Crippen LogP contribution in [0.4, 0.5) is 5.82 Å². The van der Waals surface area contributed by atoms with Crippen LogP contribution in [0, 0.1) is 0 Å². The Morgan fingerprint density at radius 2 is 2.24 bits per heavy atom. The molecule has 0 atom stereocenters. The first kappa shape index (κ1) is 13.8. The molecule has 2 aromatic heterocycles. The number of hydrogen-bond acceptors (Lipinski definition) is 4. The van der Waals surface area contributed by atoms with E-state index in [0.29, 0.717) is 13.1 Å². The van der Waals surface area contributed by atoms with Crippen LogP contribution in [0.1, 0.15) is 25.7 Å². The minimum absolute atomic E-state index is 0.0163. The Labute approximate surface area is 123 Å². The van der Waals surface area contributed by atoms with Crippen LogP contribution >= 0.6 is 0 Å². The van der Waals surface area contributed by atoms with Crippen molar-refractivity contribution in [3.63, 3.8) is 0 Å². The second-order valence-corrected chi connectivity index (χ2v) is 5.55. The van der Waals surface area contributed by atoms with Gasteiger partial charge in [-0.2, -0.15) is 5.10 Å². The number of anilines is 1. The third-order valence-electron chi connectivity index (χ3n) is 3.62. The zero-order chi connectivity index (χ0) is 14.8. The van der Waals surface area contributed by atoms with Crippen molar-refractivity contribution in [2.45, 2.75) is 33.0 Å². The van der Waals surface area contributed by atoms with E-state index in [2.05, 4.69) is 24.9 Å². The van der Waals surface area contributed by atoms with E-state index in [1.54, 1.807) is 17.1 Å². The summed E-state index contributed by atoms with van der Waals surface area (Å²) in [6, 6.07) is 2.04. The van der Waals surface area contributed by atoms with Gasteiger partial charge in [0.1, 0.15) is 11.6 Å². The van der Waals surface area contributed by atoms with Crippen molar-refractivity contribution in [2.24, 2.45) is 0 Å². The highest BCUT2D eigenvalue weighted by molar-refractivity contribution is 5.91. The van der Waals surface area contributed by atoms with Gasteiger partial charge in [0.25, 0.3) is 0 Å². The Hall–Kier alpha value is -2.15. The molecule has 0 bridgehead atoms. The highest BCUT2D eigenvalue weighted by atomic mass is 16.2. The van der Waals surface area contributed by atoms with E-state index in [-0.39, 0.29) is 11.9 Å². The van der Waals surface area contributed by atoms with Crippen molar-refractivity contribution in [3.05, 3.63) is 30.5 Å². The summed E-state index contributed by atoms with van der Waals surface area (Å²) in [7, 11) is 0. The topological polar surface area (TPSA) is 68.0 Å². The van der Waals surface area contributed by atoms with Gasteiger partial charge in [0.05, 0.1) is 19.3 Å². The van der Waals surface area contributed by atoms with Gasteiger partial charge in [-0.15, -0.1) is 0 Å². The minimum Gasteiger partial charge on any atom is -0.333 e. The largest absolute Gasteiger partial charge is 0.333 e. The van der Waals surface area contributed by atoms with Gasteiger partial charge in [-0.3, -0.25) is 9.69 Å². The molecule has 1 aliphatic rings. The van der Waals surface area contributed by atoms with Gasteiger partial charge in [-0.05, 0) is 13.8 Å². The van der Waals surface area contributed by atoms with Crippen LogP contribution < -0.4 is 5.32 Å². The van der Waals surface area contributed by atoms with Gasteiger partial charge < -0.3 is 9.88 Å². The average molecular weight is 288 g/mol. The Bertz CT molecular complexity index is 629. The number of aromatic nitrogens is 4. The zero-order valence-electron chi connectivity index (χ0n) is 12.4. The quantitative estimate of drug-likeness (QED) is 0.915. The van der Waals surface area contributed by atoms with E-state index in [1.165, 1.54) is 0 Å². The van der Waals surface area contributed by atoms with Gasteiger partial charge in [0.2, 0.25) is 5.91 Å². The number of amides is 1. The maximum absolute atomic E-state index is 12.2. The SMILES string of the molecule is CC(C)n1nccc1NC(=O)CN1CCn2ccnc2C1. The number of hydrogen-bond donors (Lipinski definition) is 1. The lowest BCUT2D eigenvalue weighted by Crippen LogP contribution is -2.39. The van der Waals surface area contributed by atoms with Gasteiger partial charge in [-0.1, -0.05) is 0 Å². The van der Waals surface area contributed by atoms with Gasteiger partial charge in [-0.25, -0.2) is 9.67 Å². The molecular weight excluding hydrogens is 268 g/mol. The summed E-state index contributed by atoms with van der Waals surface area (Å²) in [5, 5.41) is 7.14. The fraction of sp³-hybridized carbons (Fsp3) is 0.500. The monoisotopic (exact) mass is 288 g/mol. The molecule has 3 heterocycles. The highest BCUT2D eigenvalue weighted by Gasteiger charge is 2.19. The molecule has 7 nitrogen and oxygen atoms in total. The first-order valence-electron chi connectivity index (χ1n) is 7.19. The summed E-state index contributed by atoms with van der Waals surface area (Å²) in [6.07, 6.45) is 5.49. The number of nitrogens with one attached hydrogen (secondary N) is 1. The maximum atomic E-state index is 12.2. The summed E-state index contributed by atoms with van der Waals surface area (Å²) in [6.45, 7) is 6.90. The highest BCUT2D eigenvalue weighted by Crippen LogP contribution is 2.14. The molecule has 1 N–H and O–H groups in total. The maximum Gasteiger partial charge on any atom is 0.239 e. The molecule has 1 amide bonds. The molecule has 0 saturated heterocycles. The van der Waals surface area contributed by atoms with E-state index >= 15 is 0 Å². The van der Waals surface area contributed by atoms with E-state index in [1.807, 2.05) is 26.1 Å². The predicted octanol–water partition coefficient (Wildman–Crippen LogP) is 1.11. The van der Waals surface area contributed by atoms with Crippen LogP contribution in [0.25, 0.3) is 0 Å². The lowest BCUT2D eigenvalue weighted by Gasteiger charge is -2.26. The van der Waals surface area contributed by atoms with Crippen molar-refractivity contribution in [3.8, 4) is 0 Å². The smallest absolute Gasteiger partial charge is 0.239 e. The van der Waals surface area contributed by atoms with Gasteiger partial charge in [0.15, 0.2) is 0 Å². The van der Waals surface area contributed by atoms with Crippen LogP contribution in [0.3, 0.4) is 0 Å². The molecule has 112 valence electrons. The first-order valence-corrected chi connectivity index (χ1v) is 7.19. The molecule has 1 aliphatic heterocycles. The summed E-state index contributed by atoms with van der Waals surface area (Å²) in [4.78, 5) is 18.6.